The summed E-state index contributed by atoms with van der Waals surface area (Å²) in [5, 5.41) is 0. The van der Waals surface area contributed by atoms with Crippen molar-refractivity contribution in [2.24, 2.45) is 17.8 Å². The van der Waals surface area contributed by atoms with E-state index in [1.165, 1.54) is 19.3 Å². The van der Waals surface area contributed by atoms with Gasteiger partial charge in [-0.05, 0) is 68.6 Å². The van der Waals surface area contributed by atoms with E-state index in [0.717, 1.165) is 17.8 Å². The second-order valence-electron chi connectivity index (χ2n) is 5.23. The molecule has 0 aromatic heterocycles. The molecule has 3 rings (SSSR count). The molecule has 12 heavy (non-hydrogen) atoms. The molecule has 0 aromatic carbocycles. The molecule has 0 heteroatoms. The number of rotatable bonds is 0. The summed E-state index contributed by atoms with van der Waals surface area (Å²) in [6.45, 7) is 0. The summed E-state index contributed by atoms with van der Waals surface area (Å²) < 4.78 is 0. The lowest BCUT2D eigenvalue weighted by Gasteiger charge is -2.38. The van der Waals surface area contributed by atoms with Crippen LogP contribution in [0.1, 0.15) is 51.4 Å². The van der Waals surface area contributed by atoms with E-state index < -0.39 is 0 Å². The molecule has 0 N–H and O–H groups in total. The largest absolute Gasteiger partial charge is 0.0502 e. The van der Waals surface area contributed by atoms with Gasteiger partial charge < -0.3 is 0 Å². The number of fused-ring (bicyclic) bond motifs is 2. The Morgan fingerprint density at radius 2 is 1.75 bits per heavy atom. The molecule has 3 unspecified atom stereocenters. The van der Waals surface area contributed by atoms with Gasteiger partial charge in [-0.2, -0.15) is 0 Å². The van der Waals surface area contributed by atoms with Crippen LogP contribution in [0.2, 0.25) is 0 Å². The Balaban J connectivity index is 1.85. The number of hydrogen-bond donors (Lipinski definition) is 0. The predicted octanol–water partition coefficient (Wildman–Crippen LogP) is 3.57. The molecule has 0 saturated heterocycles. The monoisotopic (exact) mass is 163 g/mol. The van der Waals surface area contributed by atoms with Crippen molar-refractivity contribution >= 4 is 0 Å². The molecular formula is C12H19. The zero-order valence-corrected chi connectivity index (χ0v) is 7.89. The lowest BCUT2D eigenvalue weighted by molar-refractivity contribution is 0.157. The van der Waals surface area contributed by atoms with Crippen molar-refractivity contribution in [2.45, 2.75) is 51.4 Å². The Hall–Kier alpha value is 0. The predicted molar refractivity (Wildman–Crippen MR) is 50.6 cm³/mol. The molecule has 3 saturated carbocycles. The first-order valence-electron chi connectivity index (χ1n) is 5.75. The summed E-state index contributed by atoms with van der Waals surface area (Å²) in [6, 6.07) is 0. The zero-order valence-electron chi connectivity index (χ0n) is 7.89. The van der Waals surface area contributed by atoms with Crippen LogP contribution in [0.3, 0.4) is 0 Å². The Bertz CT molecular complexity index is 155. The fourth-order valence-electron chi connectivity index (χ4n) is 3.81. The van der Waals surface area contributed by atoms with E-state index in [9.17, 15) is 0 Å². The number of hydrogen-bond acceptors (Lipinski definition) is 0. The van der Waals surface area contributed by atoms with Crippen molar-refractivity contribution in [2.75, 3.05) is 0 Å². The van der Waals surface area contributed by atoms with Crippen LogP contribution in [0.4, 0.5) is 0 Å². The molecule has 0 spiro atoms. The molecule has 3 bridgehead atoms. The molecule has 0 heterocycles. The molecule has 0 aliphatic heterocycles. The van der Waals surface area contributed by atoms with Gasteiger partial charge >= 0.3 is 0 Å². The zero-order chi connectivity index (χ0) is 7.97. The molecule has 3 fully saturated rings. The Morgan fingerprint density at radius 3 is 2.75 bits per heavy atom. The SMILES string of the molecule is C1CC2CCC3CC[C]1CC3C2. The maximum absolute atomic E-state index is 1.93. The first-order valence-corrected chi connectivity index (χ1v) is 5.75. The van der Waals surface area contributed by atoms with Gasteiger partial charge in [0.25, 0.3) is 0 Å². The van der Waals surface area contributed by atoms with E-state index in [2.05, 4.69) is 0 Å². The fraction of sp³-hybridized carbons (Fsp3) is 0.917. The van der Waals surface area contributed by atoms with E-state index in [0.29, 0.717) is 0 Å². The van der Waals surface area contributed by atoms with Crippen LogP contribution in [0, 0.1) is 23.7 Å². The van der Waals surface area contributed by atoms with Gasteiger partial charge in [0.05, 0.1) is 0 Å². The summed E-state index contributed by atoms with van der Waals surface area (Å²) in [5.41, 5.74) is 0. The van der Waals surface area contributed by atoms with Crippen molar-refractivity contribution in [3.05, 3.63) is 5.92 Å². The third-order valence-corrected chi connectivity index (χ3v) is 4.57. The van der Waals surface area contributed by atoms with Gasteiger partial charge in [-0.15, -0.1) is 0 Å². The van der Waals surface area contributed by atoms with E-state index in [1.54, 1.807) is 32.1 Å². The van der Waals surface area contributed by atoms with Crippen LogP contribution < -0.4 is 0 Å². The second kappa shape index (κ2) is 2.75. The van der Waals surface area contributed by atoms with Crippen molar-refractivity contribution < 1.29 is 0 Å². The topological polar surface area (TPSA) is 0 Å². The average Bonchev–Trinajstić information content (AvgIpc) is 2.21. The highest BCUT2D eigenvalue weighted by Crippen LogP contribution is 2.50. The first-order chi connectivity index (χ1) is 5.92. The minimum absolute atomic E-state index is 1.13. The lowest BCUT2D eigenvalue weighted by Crippen LogP contribution is -2.27. The van der Waals surface area contributed by atoms with Crippen LogP contribution in [-0.4, -0.2) is 0 Å². The average molecular weight is 163 g/mol. The van der Waals surface area contributed by atoms with E-state index >= 15 is 0 Å². The van der Waals surface area contributed by atoms with Gasteiger partial charge in [0.15, 0.2) is 0 Å². The van der Waals surface area contributed by atoms with Crippen molar-refractivity contribution in [3.8, 4) is 0 Å². The third-order valence-electron chi connectivity index (χ3n) is 4.57. The lowest BCUT2D eigenvalue weighted by atomic mass is 9.67. The second-order valence-corrected chi connectivity index (χ2v) is 5.23. The highest BCUT2D eigenvalue weighted by atomic mass is 14.4. The van der Waals surface area contributed by atoms with Gasteiger partial charge in [-0.25, -0.2) is 0 Å². The first kappa shape index (κ1) is 7.41. The molecule has 0 amide bonds. The van der Waals surface area contributed by atoms with Gasteiger partial charge in [-0.1, -0.05) is 6.42 Å². The molecule has 3 atom stereocenters. The van der Waals surface area contributed by atoms with Crippen LogP contribution in [0.25, 0.3) is 0 Å². The highest BCUT2D eigenvalue weighted by molar-refractivity contribution is 5.02. The highest BCUT2D eigenvalue weighted by Gasteiger charge is 2.38. The molecule has 3 aliphatic carbocycles. The summed E-state index contributed by atoms with van der Waals surface area (Å²) in [7, 11) is 0. The summed E-state index contributed by atoms with van der Waals surface area (Å²) in [4.78, 5) is 0. The van der Waals surface area contributed by atoms with Gasteiger partial charge in [0, 0.05) is 0 Å². The Kier molecular flexibility index (Phi) is 1.70. The summed E-state index contributed by atoms with van der Waals surface area (Å²) >= 11 is 0. The van der Waals surface area contributed by atoms with Crippen LogP contribution in [0.15, 0.2) is 0 Å². The summed E-state index contributed by atoms with van der Waals surface area (Å²) in [6.07, 6.45) is 12.3. The molecule has 67 valence electrons. The fourth-order valence-corrected chi connectivity index (χ4v) is 3.81. The molecule has 3 aliphatic rings. The van der Waals surface area contributed by atoms with Crippen molar-refractivity contribution in [3.63, 3.8) is 0 Å². The van der Waals surface area contributed by atoms with Crippen LogP contribution in [0.5, 0.6) is 0 Å². The van der Waals surface area contributed by atoms with Crippen LogP contribution in [-0.2, 0) is 0 Å². The van der Waals surface area contributed by atoms with Gasteiger partial charge in [-0.3, -0.25) is 0 Å². The normalized spacial score (nSPS) is 47.5. The minimum Gasteiger partial charge on any atom is -0.0502 e. The van der Waals surface area contributed by atoms with Gasteiger partial charge in [0.2, 0.25) is 0 Å². The minimum atomic E-state index is 1.13. The van der Waals surface area contributed by atoms with Crippen LogP contribution >= 0.6 is 0 Å². The standard InChI is InChI=1S/C12H19/c1-2-10-4-6-11-5-3-9(1)7-12(11)8-10/h9,11-12H,1-8H2. The van der Waals surface area contributed by atoms with Crippen molar-refractivity contribution in [1.29, 1.82) is 0 Å². The smallest absolute Gasteiger partial charge is 0.0238 e. The van der Waals surface area contributed by atoms with E-state index in [-0.39, 0.29) is 0 Å². The molecular weight excluding hydrogens is 144 g/mol. The Labute approximate surface area is 75.7 Å². The quantitative estimate of drug-likeness (QED) is 0.512. The third kappa shape index (κ3) is 1.11. The molecule has 0 aromatic rings. The van der Waals surface area contributed by atoms with E-state index in [4.69, 9.17) is 0 Å². The Morgan fingerprint density at radius 1 is 0.833 bits per heavy atom. The molecule has 1 radical (unpaired) electrons. The maximum atomic E-state index is 1.93. The van der Waals surface area contributed by atoms with Crippen molar-refractivity contribution in [1.82, 2.24) is 0 Å². The maximum Gasteiger partial charge on any atom is -0.0238 e. The van der Waals surface area contributed by atoms with Gasteiger partial charge in [0.1, 0.15) is 0 Å². The molecule has 0 nitrogen and oxygen atoms in total. The summed E-state index contributed by atoms with van der Waals surface area (Å²) in [5.74, 6) is 5.33. The van der Waals surface area contributed by atoms with E-state index in [1.807, 2.05) is 5.92 Å².